The van der Waals surface area contributed by atoms with E-state index in [1.165, 1.54) is 25.3 Å². The highest BCUT2D eigenvalue weighted by Gasteiger charge is 2.47. The van der Waals surface area contributed by atoms with Crippen LogP contribution in [0.4, 0.5) is 4.39 Å². The van der Waals surface area contributed by atoms with Gasteiger partial charge in [0, 0.05) is 14.9 Å². The molecule has 0 amide bonds. The van der Waals surface area contributed by atoms with Crippen molar-refractivity contribution in [2.75, 3.05) is 0 Å². The van der Waals surface area contributed by atoms with Gasteiger partial charge in [-0.25, -0.2) is 4.39 Å². The molecule has 2 saturated carbocycles. The zero-order chi connectivity index (χ0) is 12.2. The molecule has 0 aromatic heterocycles. The maximum atomic E-state index is 13.9. The fourth-order valence-electron chi connectivity index (χ4n) is 3.00. The van der Waals surface area contributed by atoms with Crippen molar-refractivity contribution in [2.24, 2.45) is 17.8 Å². The largest absolute Gasteiger partial charge is 0.207 e. The van der Waals surface area contributed by atoms with Gasteiger partial charge in [0.05, 0.1) is 5.02 Å². The summed E-state index contributed by atoms with van der Waals surface area (Å²) in [6.45, 7) is 0. The standard InChI is InChI=1S/C13H12Br2ClF/c14-10-5-12(17)9(4-11(10)16)13(15)8-2-6-1-7(6)3-8/h4-8,13H,1-3H2. The summed E-state index contributed by atoms with van der Waals surface area (Å²) in [6.07, 6.45) is 3.85. The molecule has 0 heterocycles. The van der Waals surface area contributed by atoms with E-state index in [0.29, 0.717) is 21.0 Å². The van der Waals surface area contributed by atoms with Gasteiger partial charge in [0.25, 0.3) is 0 Å². The van der Waals surface area contributed by atoms with Crippen LogP contribution in [0.1, 0.15) is 29.7 Å². The average Bonchev–Trinajstić information content (AvgIpc) is 2.90. The molecule has 1 aromatic rings. The molecule has 3 unspecified atom stereocenters. The van der Waals surface area contributed by atoms with Gasteiger partial charge in [-0.3, -0.25) is 0 Å². The third-order valence-corrected chi connectivity index (χ3v) is 6.47. The first kappa shape index (κ1) is 12.4. The minimum atomic E-state index is -0.177. The highest BCUT2D eigenvalue weighted by molar-refractivity contribution is 9.10. The number of hydrogen-bond donors (Lipinski definition) is 0. The molecule has 3 rings (SSSR count). The maximum Gasteiger partial charge on any atom is 0.128 e. The molecule has 3 atom stereocenters. The second-order valence-electron chi connectivity index (χ2n) is 5.18. The summed E-state index contributed by atoms with van der Waals surface area (Å²) < 4.78 is 14.5. The monoisotopic (exact) mass is 380 g/mol. The predicted molar refractivity (Wildman–Crippen MR) is 75.1 cm³/mol. The van der Waals surface area contributed by atoms with Crippen LogP contribution >= 0.6 is 43.5 Å². The Kier molecular flexibility index (Phi) is 3.29. The Morgan fingerprint density at radius 2 is 1.88 bits per heavy atom. The first-order valence-corrected chi connectivity index (χ1v) is 7.93. The SMILES string of the molecule is Fc1cc(Br)c(Cl)cc1C(Br)C1CC2CC2C1. The smallest absolute Gasteiger partial charge is 0.128 e. The van der Waals surface area contributed by atoms with Gasteiger partial charge in [-0.05, 0) is 65.1 Å². The highest BCUT2D eigenvalue weighted by atomic mass is 79.9. The molecule has 0 radical (unpaired) electrons. The van der Waals surface area contributed by atoms with Gasteiger partial charge in [0.2, 0.25) is 0 Å². The van der Waals surface area contributed by atoms with Crippen LogP contribution in [0.2, 0.25) is 5.02 Å². The zero-order valence-electron chi connectivity index (χ0n) is 9.10. The second kappa shape index (κ2) is 4.50. The summed E-state index contributed by atoms with van der Waals surface area (Å²) in [5, 5.41) is 0.578. The molecule has 0 bridgehead atoms. The normalized spacial score (nSPS) is 32.4. The molecule has 2 aliphatic carbocycles. The summed E-state index contributed by atoms with van der Waals surface area (Å²) in [5.74, 6) is 2.21. The van der Waals surface area contributed by atoms with Crippen LogP contribution < -0.4 is 0 Å². The quantitative estimate of drug-likeness (QED) is 0.453. The van der Waals surface area contributed by atoms with Gasteiger partial charge < -0.3 is 0 Å². The summed E-state index contributed by atoms with van der Waals surface area (Å²) in [6, 6.07) is 3.20. The lowest BCUT2D eigenvalue weighted by molar-refractivity contribution is 0.469. The Labute approximate surface area is 122 Å². The van der Waals surface area contributed by atoms with Crippen molar-refractivity contribution in [3.05, 3.63) is 33.0 Å². The number of halogens is 4. The van der Waals surface area contributed by atoms with Crippen LogP contribution in [0.5, 0.6) is 0 Å². The number of alkyl halides is 1. The van der Waals surface area contributed by atoms with Crippen LogP contribution in [0.3, 0.4) is 0 Å². The number of benzene rings is 1. The molecule has 0 N–H and O–H groups in total. The van der Waals surface area contributed by atoms with Gasteiger partial charge in [-0.2, -0.15) is 0 Å². The summed E-state index contributed by atoms with van der Waals surface area (Å²) >= 11 is 12.9. The van der Waals surface area contributed by atoms with E-state index in [2.05, 4.69) is 31.9 Å². The Morgan fingerprint density at radius 3 is 2.53 bits per heavy atom. The lowest BCUT2D eigenvalue weighted by atomic mass is 9.94. The molecule has 92 valence electrons. The molecule has 0 nitrogen and oxygen atoms in total. The van der Waals surface area contributed by atoms with Gasteiger partial charge >= 0.3 is 0 Å². The van der Waals surface area contributed by atoms with Gasteiger partial charge in [0.1, 0.15) is 5.82 Å². The lowest BCUT2D eigenvalue weighted by Crippen LogP contribution is -2.07. The van der Waals surface area contributed by atoms with Crippen molar-refractivity contribution in [1.82, 2.24) is 0 Å². The molecule has 0 saturated heterocycles. The Hall–Kier alpha value is 0.400. The molecular weight excluding hydrogens is 370 g/mol. The molecule has 0 aliphatic heterocycles. The van der Waals surface area contributed by atoms with Gasteiger partial charge in [0.15, 0.2) is 0 Å². The maximum absolute atomic E-state index is 13.9. The van der Waals surface area contributed by atoms with E-state index in [1.54, 1.807) is 6.07 Å². The van der Waals surface area contributed by atoms with E-state index in [4.69, 9.17) is 11.6 Å². The van der Waals surface area contributed by atoms with Crippen LogP contribution in [-0.2, 0) is 0 Å². The summed E-state index contributed by atoms with van der Waals surface area (Å²) in [7, 11) is 0. The third kappa shape index (κ3) is 2.31. The van der Waals surface area contributed by atoms with E-state index in [1.807, 2.05) is 0 Å². The molecule has 0 spiro atoms. The van der Waals surface area contributed by atoms with E-state index >= 15 is 0 Å². The fourth-order valence-corrected chi connectivity index (χ4v) is 4.27. The van der Waals surface area contributed by atoms with Gasteiger partial charge in [-0.1, -0.05) is 27.5 Å². The number of rotatable bonds is 2. The van der Waals surface area contributed by atoms with Crippen LogP contribution in [0.25, 0.3) is 0 Å². The Bertz CT molecular complexity index is 453. The molecule has 2 aliphatic rings. The molecule has 2 fully saturated rings. The predicted octanol–water partition coefficient (Wildman–Crippen LogP) is 5.72. The molecule has 1 aromatic carbocycles. The first-order chi connectivity index (χ1) is 8.06. The fraction of sp³-hybridized carbons (Fsp3) is 0.538. The average molecular weight is 382 g/mol. The van der Waals surface area contributed by atoms with Crippen molar-refractivity contribution in [3.63, 3.8) is 0 Å². The summed E-state index contributed by atoms with van der Waals surface area (Å²) in [4.78, 5) is 0.0981. The zero-order valence-corrected chi connectivity index (χ0v) is 13.0. The summed E-state index contributed by atoms with van der Waals surface area (Å²) in [5.41, 5.74) is 0.699. The van der Waals surface area contributed by atoms with Crippen LogP contribution in [0, 0.1) is 23.6 Å². The Balaban J connectivity index is 1.85. The first-order valence-electron chi connectivity index (χ1n) is 5.84. The van der Waals surface area contributed by atoms with Crippen LogP contribution in [0.15, 0.2) is 16.6 Å². The van der Waals surface area contributed by atoms with Crippen molar-refractivity contribution < 1.29 is 4.39 Å². The lowest BCUT2D eigenvalue weighted by Gasteiger charge is -2.20. The van der Waals surface area contributed by atoms with Crippen molar-refractivity contribution >= 4 is 43.5 Å². The van der Waals surface area contributed by atoms with Crippen molar-refractivity contribution in [1.29, 1.82) is 0 Å². The molecular formula is C13H12Br2ClF. The van der Waals surface area contributed by atoms with Gasteiger partial charge in [-0.15, -0.1) is 0 Å². The minimum absolute atomic E-state index is 0.0981. The van der Waals surface area contributed by atoms with Crippen LogP contribution in [-0.4, -0.2) is 0 Å². The minimum Gasteiger partial charge on any atom is -0.207 e. The van der Waals surface area contributed by atoms with E-state index in [-0.39, 0.29) is 10.6 Å². The number of fused-ring (bicyclic) bond motifs is 1. The number of hydrogen-bond acceptors (Lipinski definition) is 0. The highest BCUT2D eigenvalue weighted by Crippen LogP contribution is 2.58. The van der Waals surface area contributed by atoms with Crippen molar-refractivity contribution in [3.8, 4) is 0 Å². The molecule has 4 heteroatoms. The topological polar surface area (TPSA) is 0 Å². The third-order valence-electron chi connectivity index (χ3n) is 4.03. The van der Waals surface area contributed by atoms with E-state index in [0.717, 1.165) is 11.8 Å². The molecule has 17 heavy (non-hydrogen) atoms. The Morgan fingerprint density at radius 1 is 1.24 bits per heavy atom. The van der Waals surface area contributed by atoms with Crippen molar-refractivity contribution in [2.45, 2.75) is 24.1 Å². The van der Waals surface area contributed by atoms with E-state index < -0.39 is 0 Å². The van der Waals surface area contributed by atoms with E-state index in [9.17, 15) is 4.39 Å². The second-order valence-corrected chi connectivity index (χ2v) is 7.42.